The highest BCUT2D eigenvalue weighted by molar-refractivity contribution is 7.99. The number of carbonyl (C=O) groups excluding carboxylic acids is 1. The Morgan fingerprint density at radius 1 is 1.39 bits per heavy atom. The summed E-state index contributed by atoms with van der Waals surface area (Å²) in [7, 11) is 0. The van der Waals surface area contributed by atoms with Gasteiger partial charge in [0, 0.05) is 10.6 Å². The molecule has 4 N–H and O–H groups in total. The highest BCUT2D eigenvalue weighted by Crippen LogP contribution is 2.36. The zero-order valence-corrected chi connectivity index (χ0v) is 15.2. The largest absolute Gasteiger partial charge is 0.324 e. The van der Waals surface area contributed by atoms with E-state index in [9.17, 15) is 4.79 Å². The van der Waals surface area contributed by atoms with E-state index in [4.69, 9.17) is 5.73 Å². The van der Waals surface area contributed by atoms with E-state index in [1.54, 1.807) is 23.5 Å². The molecule has 0 saturated carbocycles. The lowest BCUT2D eigenvalue weighted by Crippen LogP contribution is -2.36. The summed E-state index contributed by atoms with van der Waals surface area (Å²) in [5.41, 5.74) is 8.69. The number of H-pyrrole nitrogens is 1. The summed E-state index contributed by atoms with van der Waals surface area (Å²) in [4.78, 5) is 14.3. The Morgan fingerprint density at radius 3 is 2.78 bits per heavy atom. The Bertz CT molecular complexity index is 652. The van der Waals surface area contributed by atoms with Gasteiger partial charge in [-0.15, -0.1) is 0 Å². The van der Waals surface area contributed by atoms with Gasteiger partial charge in [-0.1, -0.05) is 23.9 Å². The summed E-state index contributed by atoms with van der Waals surface area (Å²) in [6, 6.07) is 7.25. The van der Waals surface area contributed by atoms with Gasteiger partial charge in [-0.05, 0) is 44.4 Å². The van der Waals surface area contributed by atoms with Crippen molar-refractivity contribution in [1.82, 2.24) is 10.2 Å². The van der Waals surface area contributed by atoms with Crippen LogP contribution in [0.25, 0.3) is 0 Å². The summed E-state index contributed by atoms with van der Waals surface area (Å²) < 4.78 is 0. The first-order valence-electron chi connectivity index (χ1n) is 7.36. The zero-order valence-electron chi connectivity index (χ0n) is 13.6. The lowest BCUT2D eigenvalue weighted by atomic mass is 10.2. The average Bonchev–Trinajstić information content (AvgIpc) is 2.86. The Hall–Kier alpha value is -1.44. The van der Waals surface area contributed by atoms with Crippen LogP contribution in [-0.4, -0.2) is 34.2 Å². The highest BCUT2D eigenvalue weighted by atomic mass is 32.2. The molecule has 0 aliphatic heterocycles. The van der Waals surface area contributed by atoms with Gasteiger partial charge in [-0.25, -0.2) is 0 Å². The molecule has 1 aromatic carbocycles. The molecule has 124 valence electrons. The molecular formula is C16H22N4OS2. The van der Waals surface area contributed by atoms with Gasteiger partial charge in [0.1, 0.15) is 0 Å². The molecular weight excluding hydrogens is 328 g/mol. The average molecular weight is 351 g/mol. The van der Waals surface area contributed by atoms with Crippen molar-refractivity contribution >= 4 is 35.1 Å². The number of nitrogens with one attached hydrogen (secondary N) is 2. The summed E-state index contributed by atoms with van der Waals surface area (Å²) in [5.74, 6) is 0.728. The second-order valence-corrected chi connectivity index (χ2v) is 7.28. The molecule has 23 heavy (non-hydrogen) atoms. The van der Waals surface area contributed by atoms with Crippen LogP contribution in [0.1, 0.15) is 17.8 Å². The van der Waals surface area contributed by atoms with E-state index in [0.717, 1.165) is 32.6 Å². The molecule has 1 amide bonds. The quantitative estimate of drug-likeness (QED) is 0.714. The second kappa shape index (κ2) is 8.42. The molecule has 7 heteroatoms. The molecule has 0 radical (unpaired) electrons. The van der Waals surface area contributed by atoms with Crippen LogP contribution in [0.4, 0.5) is 5.69 Å². The third-order valence-electron chi connectivity index (χ3n) is 3.39. The van der Waals surface area contributed by atoms with Crippen LogP contribution in [0.2, 0.25) is 0 Å². The number of anilines is 1. The minimum atomic E-state index is -0.488. The van der Waals surface area contributed by atoms with Gasteiger partial charge in [0.2, 0.25) is 5.91 Å². The van der Waals surface area contributed by atoms with Crippen molar-refractivity contribution in [2.45, 2.75) is 36.1 Å². The fourth-order valence-corrected chi connectivity index (χ4v) is 3.54. The number of amides is 1. The van der Waals surface area contributed by atoms with E-state index in [1.165, 1.54) is 0 Å². The number of aromatic nitrogens is 2. The number of para-hydroxylation sites is 1. The number of nitrogens with zero attached hydrogens (tertiary/aromatic N) is 1. The number of nitrogens with two attached hydrogens (primary N) is 1. The van der Waals surface area contributed by atoms with Gasteiger partial charge in [0.05, 0.1) is 22.3 Å². The SMILES string of the molecule is CSCC[C@H](N)C(=O)Nc1ccccc1Sc1c(C)n[nH]c1C. The molecule has 0 aliphatic rings. The second-order valence-electron chi connectivity index (χ2n) is 5.24. The third-order valence-corrected chi connectivity index (χ3v) is 5.41. The predicted molar refractivity (Wildman–Crippen MR) is 98.2 cm³/mol. The van der Waals surface area contributed by atoms with Crippen LogP contribution >= 0.6 is 23.5 Å². The topological polar surface area (TPSA) is 83.8 Å². The van der Waals surface area contributed by atoms with Gasteiger partial charge >= 0.3 is 0 Å². The molecule has 1 aromatic heterocycles. The van der Waals surface area contributed by atoms with Crippen molar-refractivity contribution in [2.24, 2.45) is 5.73 Å². The number of hydrogen-bond donors (Lipinski definition) is 3. The van der Waals surface area contributed by atoms with E-state index in [0.29, 0.717) is 6.42 Å². The molecule has 5 nitrogen and oxygen atoms in total. The molecule has 1 atom stereocenters. The normalized spacial score (nSPS) is 12.2. The van der Waals surface area contributed by atoms with Crippen LogP contribution in [0.15, 0.2) is 34.1 Å². The molecule has 0 aliphatic carbocycles. The standard InChI is InChI=1S/C16H22N4OS2/c1-10-15(11(2)20-19-10)23-14-7-5-4-6-13(14)18-16(21)12(17)8-9-22-3/h4-7,12H,8-9,17H2,1-3H3,(H,18,21)(H,19,20)/t12-/m0/s1. The fraction of sp³-hybridized carbons (Fsp3) is 0.375. The van der Waals surface area contributed by atoms with E-state index >= 15 is 0 Å². The molecule has 1 heterocycles. The minimum absolute atomic E-state index is 0.146. The number of hydrogen-bond acceptors (Lipinski definition) is 5. The van der Waals surface area contributed by atoms with E-state index in [2.05, 4.69) is 15.5 Å². The number of aromatic amines is 1. The molecule has 0 bridgehead atoms. The van der Waals surface area contributed by atoms with Crippen molar-refractivity contribution in [3.8, 4) is 0 Å². The lowest BCUT2D eigenvalue weighted by molar-refractivity contribution is -0.117. The Labute approximate surface area is 145 Å². The maximum atomic E-state index is 12.2. The van der Waals surface area contributed by atoms with Gasteiger partial charge in [-0.3, -0.25) is 9.89 Å². The maximum absolute atomic E-state index is 12.2. The van der Waals surface area contributed by atoms with E-state index in [1.807, 2.05) is 44.4 Å². The first-order valence-corrected chi connectivity index (χ1v) is 9.57. The predicted octanol–water partition coefficient (Wildman–Crippen LogP) is 3.20. The van der Waals surface area contributed by atoms with Crippen LogP contribution in [-0.2, 0) is 4.79 Å². The Balaban J connectivity index is 2.13. The summed E-state index contributed by atoms with van der Waals surface area (Å²) in [6.07, 6.45) is 2.68. The number of aryl methyl sites for hydroxylation is 2. The summed E-state index contributed by atoms with van der Waals surface area (Å²) in [6.45, 7) is 3.95. The van der Waals surface area contributed by atoms with Crippen molar-refractivity contribution in [1.29, 1.82) is 0 Å². The fourth-order valence-electron chi connectivity index (χ4n) is 2.06. The van der Waals surface area contributed by atoms with Crippen LogP contribution in [0.3, 0.4) is 0 Å². The molecule has 2 rings (SSSR count). The van der Waals surface area contributed by atoms with Crippen molar-refractivity contribution in [3.05, 3.63) is 35.7 Å². The molecule has 0 unspecified atom stereocenters. The maximum Gasteiger partial charge on any atom is 0.241 e. The van der Waals surface area contributed by atoms with Crippen LogP contribution in [0.5, 0.6) is 0 Å². The van der Waals surface area contributed by atoms with Gasteiger partial charge in [0.25, 0.3) is 0 Å². The van der Waals surface area contributed by atoms with Crippen molar-refractivity contribution in [2.75, 3.05) is 17.3 Å². The highest BCUT2D eigenvalue weighted by Gasteiger charge is 2.16. The number of thioether (sulfide) groups is 1. The molecule has 2 aromatic rings. The number of rotatable bonds is 7. The van der Waals surface area contributed by atoms with E-state index < -0.39 is 6.04 Å². The van der Waals surface area contributed by atoms with Gasteiger partial charge in [0.15, 0.2) is 0 Å². The van der Waals surface area contributed by atoms with Crippen LogP contribution in [0, 0.1) is 13.8 Å². The lowest BCUT2D eigenvalue weighted by Gasteiger charge is -2.14. The summed E-state index contributed by atoms with van der Waals surface area (Å²) >= 11 is 3.28. The van der Waals surface area contributed by atoms with Crippen molar-refractivity contribution in [3.63, 3.8) is 0 Å². The third kappa shape index (κ3) is 4.76. The molecule has 0 fully saturated rings. The van der Waals surface area contributed by atoms with Crippen molar-refractivity contribution < 1.29 is 4.79 Å². The minimum Gasteiger partial charge on any atom is -0.324 e. The molecule has 0 spiro atoms. The number of carbonyl (C=O) groups is 1. The number of benzene rings is 1. The monoisotopic (exact) mass is 350 g/mol. The van der Waals surface area contributed by atoms with Crippen LogP contribution < -0.4 is 11.1 Å². The van der Waals surface area contributed by atoms with Gasteiger partial charge in [-0.2, -0.15) is 16.9 Å². The van der Waals surface area contributed by atoms with Gasteiger partial charge < -0.3 is 11.1 Å². The van der Waals surface area contributed by atoms with E-state index in [-0.39, 0.29) is 5.91 Å². The summed E-state index contributed by atoms with van der Waals surface area (Å²) in [5, 5.41) is 10.1. The zero-order chi connectivity index (χ0) is 16.8. The molecule has 0 saturated heterocycles. The smallest absolute Gasteiger partial charge is 0.241 e. The first-order chi connectivity index (χ1) is 11.0. The Morgan fingerprint density at radius 2 is 2.13 bits per heavy atom. The Kier molecular flexibility index (Phi) is 6.56. The first kappa shape index (κ1) is 17.9.